The Labute approximate surface area is 134 Å². The van der Waals surface area contributed by atoms with Crippen molar-refractivity contribution in [1.82, 2.24) is 0 Å². The van der Waals surface area contributed by atoms with E-state index in [1.54, 1.807) is 12.1 Å². The van der Waals surface area contributed by atoms with Gasteiger partial charge in [-0.05, 0) is 43.2 Å². The van der Waals surface area contributed by atoms with Crippen LogP contribution in [0.25, 0.3) is 0 Å². The van der Waals surface area contributed by atoms with Crippen LogP contribution in [0.2, 0.25) is 0 Å². The minimum Gasteiger partial charge on any atom is -0.449 e. The number of hydrogen-bond acceptors (Lipinski definition) is 3. The van der Waals surface area contributed by atoms with Crippen molar-refractivity contribution in [3.63, 3.8) is 0 Å². The number of nitrogens with one attached hydrogen (secondary N) is 1. The standard InChI is InChI=1S/C18H18FNO3/c1-3-13-8-10-14(11-9-13)20-17(21)12(2)23-18(22)15-6-4-5-7-16(15)19/h4-12H,3H2,1-2H3,(H,20,21)/t12-/m0/s1. The average molecular weight is 315 g/mol. The molecule has 0 aromatic heterocycles. The number of esters is 1. The smallest absolute Gasteiger partial charge is 0.341 e. The fraction of sp³-hybridized carbons (Fsp3) is 0.222. The highest BCUT2D eigenvalue weighted by atomic mass is 19.1. The molecule has 120 valence electrons. The monoisotopic (exact) mass is 315 g/mol. The molecule has 1 amide bonds. The first-order valence-corrected chi connectivity index (χ1v) is 7.36. The summed E-state index contributed by atoms with van der Waals surface area (Å²) in [6.45, 7) is 3.48. The molecular weight excluding hydrogens is 297 g/mol. The number of carbonyl (C=O) groups is 2. The Balaban J connectivity index is 1.96. The second kappa shape index (κ2) is 7.54. The Kier molecular flexibility index (Phi) is 5.46. The SMILES string of the molecule is CCc1ccc(NC(=O)[C@H](C)OC(=O)c2ccccc2F)cc1. The largest absolute Gasteiger partial charge is 0.449 e. The van der Waals surface area contributed by atoms with Crippen LogP contribution in [0.3, 0.4) is 0 Å². The lowest BCUT2D eigenvalue weighted by molar-refractivity contribution is -0.123. The van der Waals surface area contributed by atoms with E-state index in [4.69, 9.17) is 4.74 Å². The highest BCUT2D eigenvalue weighted by Crippen LogP contribution is 2.13. The maximum atomic E-state index is 13.5. The van der Waals surface area contributed by atoms with E-state index in [0.717, 1.165) is 18.1 Å². The Hall–Kier alpha value is -2.69. The predicted molar refractivity (Wildman–Crippen MR) is 85.7 cm³/mol. The first-order chi connectivity index (χ1) is 11.0. The van der Waals surface area contributed by atoms with Crippen LogP contribution in [0.4, 0.5) is 10.1 Å². The number of aryl methyl sites for hydroxylation is 1. The molecule has 2 aromatic carbocycles. The summed E-state index contributed by atoms with van der Waals surface area (Å²) in [6, 6.07) is 12.9. The van der Waals surface area contributed by atoms with Crippen molar-refractivity contribution in [1.29, 1.82) is 0 Å². The van der Waals surface area contributed by atoms with Crippen molar-refractivity contribution in [2.75, 3.05) is 5.32 Å². The lowest BCUT2D eigenvalue weighted by atomic mass is 10.1. The molecule has 4 nitrogen and oxygen atoms in total. The zero-order valence-electron chi connectivity index (χ0n) is 13.0. The number of hydrogen-bond donors (Lipinski definition) is 1. The number of carbonyl (C=O) groups excluding carboxylic acids is 2. The highest BCUT2D eigenvalue weighted by molar-refractivity contribution is 5.97. The molecule has 0 fully saturated rings. The number of ether oxygens (including phenoxy) is 1. The second-order valence-corrected chi connectivity index (χ2v) is 5.07. The summed E-state index contributed by atoms with van der Waals surface area (Å²) >= 11 is 0. The lowest BCUT2D eigenvalue weighted by Gasteiger charge is -2.14. The Bertz CT molecular complexity index is 698. The molecule has 5 heteroatoms. The minimum atomic E-state index is -1.03. The molecule has 0 aliphatic carbocycles. The number of rotatable bonds is 5. The molecule has 0 heterocycles. The fourth-order valence-electron chi connectivity index (χ4n) is 1.97. The zero-order chi connectivity index (χ0) is 16.8. The maximum absolute atomic E-state index is 13.5. The van der Waals surface area contributed by atoms with Gasteiger partial charge in [-0.25, -0.2) is 9.18 Å². The topological polar surface area (TPSA) is 55.4 Å². The van der Waals surface area contributed by atoms with Crippen LogP contribution in [0.5, 0.6) is 0 Å². The van der Waals surface area contributed by atoms with Gasteiger partial charge in [-0.2, -0.15) is 0 Å². The highest BCUT2D eigenvalue weighted by Gasteiger charge is 2.20. The van der Waals surface area contributed by atoms with Crippen molar-refractivity contribution in [2.24, 2.45) is 0 Å². The van der Waals surface area contributed by atoms with Crippen LogP contribution < -0.4 is 5.32 Å². The van der Waals surface area contributed by atoms with E-state index in [1.807, 2.05) is 19.1 Å². The van der Waals surface area contributed by atoms with E-state index in [-0.39, 0.29) is 5.56 Å². The number of anilines is 1. The molecule has 0 saturated heterocycles. The van der Waals surface area contributed by atoms with Crippen LogP contribution in [-0.2, 0) is 16.0 Å². The minimum absolute atomic E-state index is 0.195. The summed E-state index contributed by atoms with van der Waals surface area (Å²) in [5, 5.41) is 2.65. The average Bonchev–Trinajstić information content (AvgIpc) is 2.55. The summed E-state index contributed by atoms with van der Waals surface area (Å²) in [6.07, 6.45) is -0.127. The molecular formula is C18H18FNO3. The molecule has 0 unspecified atom stereocenters. The molecule has 0 saturated carbocycles. The summed E-state index contributed by atoms with van der Waals surface area (Å²) in [5.41, 5.74) is 1.57. The van der Waals surface area contributed by atoms with Crippen molar-refractivity contribution in [3.05, 3.63) is 65.5 Å². The fourth-order valence-corrected chi connectivity index (χ4v) is 1.97. The normalized spacial score (nSPS) is 11.6. The quantitative estimate of drug-likeness (QED) is 0.858. The third kappa shape index (κ3) is 4.39. The van der Waals surface area contributed by atoms with Gasteiger partial charge in [0.05, 0.1) is 5.56 Å². The van der Waals surface area contributed by atoms with Crippen molar-refractivity contribution in [3.8, 4) is 0 Å². The molecule has 0 bridgehead atoms. The van der Waals surface area contributed by atoms with Gasteiger partial charge in [-0.1, -0.05) is 31.2 Å². The summed E-state index contributed by atoms with van der Waals surface area (Å²) in [5.74, 6) is -2.02. The molecule has 0 spiro atoms. The second-order valence-electron chi connectivity index (χ2n) is 5.07. The Morgan fingerprint density at radius 1 is 1.13 bits per heavy atom. The molecule has 0 aliphatic heterocycles. The van der Waals surface area contributed by atoms with Gasteiger partial charge in [0.25, 0.3) is 5.91 Å². The maximum Gasteiger partial charge on any atom is 0.341 e. The van der Waals surface area contributed by atoms with Crippen LogP contribution in [0.1, 0.15) is 29.8 Å². The first-order valence-electron chi connectivity index (χ1n) is 7.36. The van der Waals surface area contributed by atoms with E-state index in [1.165, 1.54) is 25.1 Å². The van der Waals surface area contributed by atoms with Gasteiger partial charge in [0.1, 0.15) is 5.82 Å². The lowest BCUT2D eigenvalue weighted by Crippen LogP contribution is -2.30. The Morgan fingerprint density at radius 3 is 2.39 bits per heavy atom. The zero-order valence-corrected chi connectivity index (χ0v) is 13.0. The van der Waals surface area contributed by atoms with Crippen molar-refractivity contribution < 1.29 is 18.7 Å². The van der Waals surface area contributed by atoms with E-state index in [9.17, 15) is 14.0 Å². The number of halogens is 1. The van der Waals surface area contributed by atoms with Gasteiger partial charge >= 0.3 is 5.97 Å². The predicted octanol–water partition coefficient (Wildman–Crippen LogP) is 3.57. The Morgan fingerprint density at radius 2 is 1.78 bits per heavy atom. The molecule has 2 rings (SSSR count). The van der Waals surface area contributed by atoms with Gasteiger partial charge in [0.2, 0.25) is 0 Å². The first kappa shape index (κ1) is 16.7. The summed E-state index contributed by atoms with van der Waals surface area (Å²) in [7, 11) is 0. The van der Waals surface area contributed by atoms with Crippen LogP contribution >= 0.6 is 0 Å². The number of benzene rings is 2. The van der Waals surface area contributed by atoms with E-state index >= 15 is 0 Å². The van der Waals surface area contributed by atoms with Gasteiger partial charge in [0.15, 0.2) is 6.10 Å². The third-order valence-corrected chi connectivity index (χ3v) is 3.38. The van der Waals surface area contributed by atoms with Gasteiger partial charge < -0.3 is 10.1 Å². The molecule has 23 heavy (non-hydrogen) atoms. The molecule has 2 aromatic rings. The molecule has 0 aliphatic rings. The van der Waals surface area contributed by atoms with Crippen LogP contribution in [0, 0.1) is 5.82 Å². The molecule has 0 radical (unpaired) electrons. The summed E-state index contributed by atoms with van der Waals surface area (Å²) in [4.78, 5) is 23.9. The van der Waals surface area contributed by atoms with Crippen LogP contribution in [-0.4, -0.2) is 18.0 Å². The summed E-state index contributed by atoms with van der Waals surface area (Å²) < 4.78 is 18.5. The van der Waals surface area contributed by atoms with Gasteiger partial charge in [-0.3, -0.25) is 4.79 Å². The van der Waals surface area contributed by atoms with E-state index in [2.05, 4.69) is 5.32 Å². The third-order valence-electron chi connectivity index (χ3n) is 3.38. The van der Waals surface area contributed by atoms with Gasteiger partial charge in [-0.15, -0.1) is 0 Å². The van der Waals surface area contributed by atoms with Crippen molar-refractivity contribution >= 4 is 17.6 Å². The van der Waals surface area contributed by atoms with Gasteiger partial charge in [0, 0.05) is 5.69 Å². The van der Waals surface area contributed by atoms with Crippen molar-refractivity contribution in [2.45, 2.75) is 26.4 Å². The van der Waals surface area contributed by atoms with Crippen LogP contribution in [0.15, 0.2) is 48.5 Å². The van der Waals surface area contributed by atoms with E-state index in [0.29, 0.717) is 5.69 Å². The number of amides is 1. The van der Waals surface area contributed by atoms with E-state index < -0.39 is 23.8 Å². The molecule has 1 atom stereocenters. The molecule has 1 N–H and O–H groups in total.